The first-order chi connectivity index (χ1) is 9.16. The summed E-state index contributed by atoms with van der Waals surface area (Å²) in [5.41, 5.74) is 2.49. The number of aromatic hydroxyl groups is 1. The second kappa shape index (κ2) is 4.52. The molecule has 3 nitrogen and oxygen atoms in total. The lowest BCUT2D eigenvalue weighted by atomic mass is 10.0. The monoisotopic (exact) mass is 254 g/mol. The van der Waals surface area contributed by atoms with Crippen molar-refractivity contribution < 1.29 is 14.6 Å². The SMILES string of the molecule is Cc1ccc([C@@H]2O[C@@H]2C(=O)c2ccccc2O)cc1. The number of phenolic OH excluding ortho intramolecular Hbond substituents is 1. The van der Waals surface area contributed by atoms with Gasteiger partial charge in [-0.1, -0.05) is 42.0 Å². The van der Waals surface area contributed by atoms with Crippen molar-refractivity contribution in [3.8, 4) is 5.75 Å². The van der Waals surface area contributed by atoms with E-state index >= 15 is 0 Å². The van der Waals surface area contributed by atoms with Gasteiger partial charge >= 0.3 is 0 Å². The van der Waals surface area contributed by atoms with Crippen molar-refractivity contribution >= 4 is 5.78 Å². The maximum absolute atomic E-state index is 12.2. The molecule has 0 aromatic heterocycles. The number of benzene rings is 2. The lowest BCUT2D eigenvalue weighted by Gasteiger charge is -2.01. The number of epoxide rings is 1. The summed E-state index contributed by atoms with van der Waals surface area (Å²) in [5.74, 6) is -0.158. The third kappa shape index (κ3) is 2.25. The molecule has 0 bridgehead atoms. The van der Waals surface area contributed by atoms with Gasteiger partial charge in [-0.15, -0.1) is 0 Å². The lowest BCUT2D eigenvalue weighted by molar-refractivity contribution is 0.0951. The zero-order valence-electron chi connectivity index (χ0n) is 10.5. The molecule has 0 saturated carbocycles. The number of hydrogen-bond acceptors (Lipinski definition) is 3. The Morgan fingerprint density at radius 1 is 1.11 bits per heavy atom. The molecule has 19 heavy (non-hydrogen) atoms. The third-order valence-corrected chi connectivity index (χ3v) is 3.33. The van der Waals surface area contributed by atoms with Crippen LogP contribution in [0.5, 0.6) is 5.75 Å². The van der Waals surface area contributed by atoms with E-state index in [2.05, 4.69) is 0 Å². The number of ketones is 1. The number of hydrogen-bond donors (Lipinski definition) is 1. The highest BCUT2D eigenvalue weighted by molar-refractivity contribution is 6.03. The topological polar surface area (TPSA) is 49.8 Å². The standard InChI is InChI=1S/C16H14O3/c1-10-6-8-11(9-7-10)15-16(19-15)14(18)12-4-2-3-5-13(12)17/h2-9,15-17H,1H3/t15-,16+/m0/s1. The minimum absolute atomic E-state index is 0.00524. The van der Waals surface area contributed by atoms with Gasteiger partial charge in [-0.3, -0.25) is 4.79 Å². The van der Waals surface area contributed by atoms with Crippen molar-refractivity contribution in [2.24, 2.45) is 0 Å². The zero-order valence-corrected chi connectivity index (χ0v) is 10.5. The van der Waals surface area contributed by atoms with E-state index in [1.165, 1.54) is 11.6 Å². The van der Waals surface area contributed by atoms with Crippen LogP contribution in [0.15, 0.2) is 48.5 Å². The number of para-hydroxylation sites is 1. The zero-order chi connectivity index (χ0) is 13.4. The third-order valence-electron chi connectivity index (χ3n) is 3.33. The highest BCUT2D eigenvalue weighted by Gasteiger charge is 2.46. The second-order valence-corrected chi connectivity index (χ2v) is 4.77. The van der Waals surface area contributed by atoms with E-state index in [0.717, 1.165) is 5.56 Å². The van der Waals surface area contributed by atoms with Crippen LogP contribution in [0.4, 0.5) is 0 Å². The maximum atomic E-state index is 12.2. The summed E-state index contributed by atoms with van der Waals surface area (Å²) in [6, 6.07) is 14.5. The molecule has 96 valence electrons. The van der Waals surface area contributed by atoms with Crippen molar-refractivity contribution in [2.45, 2.75) is 19.1 Å². The first kappa shape index (κ1) is 11.9. The minimum atomic E-state index is -0.476. The fourth-order valence-corrected chi connectivity index (χ4v) is 2.16. The first-order valence-corrected chi connectivity index (χ1v) is 6.21. The van der Waals surface area contributed by atoms with Crippen molar-refractivity contribution in [3.63, 3.8) is 0 Å². The van der Waals surface area contributed by atoms with Crippen LogP contribution in [-0.2, 0) is 4.74 Å². The highest BCUT2D eigenvalue weighted by atomic mass is 16.6. The fraction of sp³-hybridized carbons (Fsp3) is 0.188. The largest absolute Gasteiger partial charge is 0.507 e. The minimum Gasteiger partial charge on any atom is -0.507 e. The normalized spacial score (nSPS) is 21.1. The molecule has 2 atom stereocenters. The van der Waals surface area contributed by atoms with Crippen molar-refractivity contribution in [1.29, 1.82) is 0 Å². The summed E-state index contributed by atoms with van der Waals surface area (Å²) in [6.07, 6.45) is -0.663. The number of ether oxygens (including phenoxy) is 1. The molecular formula is C16H14O3. The summed E-state index contributed by atoms with van der Waals surface area (Å²) < 4.78 is 5.45. The number of carbonyl (C=O) groups is 1. The van der Waals surface area contributed by atoms with Crippen molar-refractivity contribution in [2.75, 3.05) is 0 Å². The molecule has 3 rings (SSSR count). The Hall–Kier alpha value is -2.13. The van der Waals surface area contributed by atoms with E-state index in [1.807, 2.05) is 31.2 Å². The molecule has 2 aromatic carbocycles. The van der Waals surface area contributed by atoms with E-state index in [0.29, 0.717) is 5.56 Å². The van der Waals surface area contributed by atoms with Gasteiger partial charge in [-0.25, -0.2) is 0 Å². The van der Waals surface area contributed by atoms with E-state index in [4.69, 9.17) is 4.74 Å². The number of rotatable bonds is 3. The van der Waals surface area contributed by atoms with Crippen molar-refractivity contribution in [3.05, 3.63) is 65.2 Å². The van der Waals surface area contributed by atoms with Crippen LogP contribution in [-0.4, -0.2) is 17.0 Å². The van der Waals surface area contributed by atoms with Crippen LogP contribution in [0.25, 0.3) is 0 Å². The van der Waals surface area contributed by atoms with Crippen LogP contribution in [0, 0.1) is 6.92 Å². The van der Waals surface area contributed by atoms with Crippen molar-refractivity contribution in [1.82, 2.24) is 0 Å². The number of carbonyl (C=O) groups excluding carboxylic acids is 1. The number of aryl methyl sites for hydroxylation is 1. The number of phenols is 1. The van der Waals surface area contributed by atoms with Gasteiger partial charge in [0.25, 0.3) is 0 Å². The van der Waals surface area contributed by atoms with E-state index in [9.17, 15) is 9.90 Å². The molecule has 1 saturated heterocycles. The van der Waals surface area contributed by atoms with E-state index in [-0.39, 0.29) is 17.6 Å². The van der Waals surface area contributed by atoms with Crippen LogP contribution in [0.1, 0.15) is 27.6 Å². The smallest absolute Gasteiger partial charge is 0.198 e. The van der Waals surface area contributed by atoms with Gasteiger partial charge in [-0.2, -0.15) is 0 Å². The molecule has 0 unspecified atom stereocenters. The van der Waals surface area contributed by atoms with Gasteiger partial charge in [0.05, 0.1) is 5.56 Å². The van der Waals surface area contributed by atoms with Crippen LogP contribution >= 0.6 is 0 Å². The molecule has 1 aliphatic heterocycles. The Morgan fingerprint density at radius 2 is 1.79 bits per heavy atom. The Morgan fingerprint density at radius 3 is 2.47 bits per heavy atom. The summed E-state index contributed by atoms with van der Waals surface area (Å²) in [6.45, 7) is 2.02. The summed E-state index contributed by atoms with van der Waals surface area (Å²) in [7, 11) is 0. The molecule has 0 amide bonds. The highest BCUT2D eigenvalue weighted by Crippen LogP contribution is 2.41. The van der Waals surface area contributed by atoms with Gasteiger partial charge in [0.2, 0.25) is 0 Å². The molecule has 3 heteroatoms. The molecule has 2 aromatic rings. The molecule has 1 N–H and O–H groups in total. The molecule has 1 aliphatic rings. The molecule has 1 fully saturated rings. The average molecular weight is 254 g/mol. The van der Waals surface area contributed by atoms with Gasteiger partial charge in [0.15, 0.2) is 11.9 Å². The molecule has 1 heterocycles. The quantitative estimate of drug-likeness (QED) is 0.676. The molecule has 0 spiro atoms. The van der Waals surface area contributed by atoms with Gasteiger partial charge in [-0.05, 0) is 24.6 Å². The van der Waals surface area contributed by atoms with Gasteiger partial charge in [0.1, 0.15) is 11.9 Å². The molecular weight excluding hydrogens is 240 g/mol. The van der Waals surface area contributed by atoms with Gasteiger partial charge in [0, 0.05) is 0 Å². The van der Waals surface area contributed by atoms with E-state index in [1.54, 1.807) is 18.2 Å². The van der Waals surface area contributed by atoms with Crippen LogP contribution in [0.3, 0.4) is 0 Å². The predicted octanol–water partition coefficient (Wildman–Crippen LogP) is 3.02. The second-order valence-electron chi connectivity index (χ2n) is 4.77. The maximum Gasteiger partial charge on any atom is 0.198 e. The summed E-state index contributed by atoms with van der Waals surface area (Å²) in [5, 5.41) is 9.67. The Balaban J connectivity index is 1.78. The van der Waals surface area contributed by atoms with Crippen LogP contribution in [0.2, 0.25) is 0 Å². The summed E-state index contributed by atoms with van der Waals surface area (Å²) in [4.78, 5) is 12.2. The molecule has 0 radical (unpaired) electrons. The fourth-order valence-electron chi connectivity index (χ4n) is 2.16. The lowest BCUT2D eigenvalue weighted by Crippen LogP contribution is -2.08. The molecule has 0 aliphatic carbocycles. The Labute approximate surface area is 111 Å². The summed E-state index contributed by atoms with van der Waals surface area (Å²) >= 11 is 0. The Kier molecular flexibility index (Phi) is 2.84. The van der Waals surface area contributed by atoms with E-state index < -0.39 is 6.10 Å². The first-order valence-electron chi connectivity index (χ1n) is 6.21. The van der Waals surface area contributed by atoms with Crippen LogP contribution < -0.4 is 0 Å². The average Bonchev–Trinajstić information content (AvgIpc) is 3.20. The Bertz CT molecular complexity index is 616. The van der Waals surface area contributed by atoms with Gasteiger partial charge < -0.3 is 9.84 Å². The number of Topliss-reactive ketones (excluding diaryl/α,β-unsaturated/α-hetero) is 1. The predicted molar refractivity (Wildman–Crippen MR) is 71.2 cm³/mol.